The third-order valence-electron chi connectivity index (χ3n) is 2.62. The lowest BCUT2D eigenvalue weighted by molar-refractivity contribution is 0.0233. The molecular weight excluding hydrogens is 128 g/mol. The van der Waals surface area contributed by atoms with Gasteiger partial charge in [-0.15, -0.1) is 0 Å². The highest BCUT2D eigenvalue weighted by Crippen LogP contribution is 2.38. The molecule has 2 atom stereocenters. The molecule has 0 aromatic heterocycles. The fourth-order valence-corrected chi connectivity index (χ4v) is 1.57. The Bertz CT molecular complexity index is 123. The van der Waals surface area contributed by atoms with Crippen molar-refractivity contribution in [2.75, 3.05) is 19.8 Å². The highest BCUT2D eigenvalue weighted by molar-refractivity contribution is 4.94. The molecule has 0 spiro atoms. The van der Waals surface area contributed by atoms with Crippen molar-refractivity contribution in [1.82, 2.24) is 0 Å². The van der Waals surface area contributed by atoms with Gasteiger partial charge in [0.2, 0.25) is 0 Å². The predicted octanol–water partition coefficient (Wildman–Crippen LogP) is 1.20. The number of hydrogen-bond acceptors (Lipinski definition) is 2. The van der Waals surface area contributed by atoms with Gasteiger partial charge >= 0.3 is 0 Å². The first-order valence-electron chi connectivity index (χ1n) is 4.03. The molecule has 2 fully saturated rings. The van der Waals surface area contributed by atoms with Crippen LogP contribution in [0.2, 0.25) is 0 Å². The van der Waals surface area contributed by atoms with Gasteiger partial charge in [0.1, 0.15) is 0 Å². The van der Waals surface area contributed by atoms with Crippen LogP contribution in [0.15, 0.2) is 0 Å². The summed E-state index contributed by atoms with van der Waals surface area (Å²) in [6, 6.07) is 0. The van der Waals surface area contributed by atoms with E-state index >= 15 is 0 Å². The Morgan fingerprint density at radius 1 is 1.50 bits per heavy atom. The van der Waals surface area contributed by atoms with E-state index in [2.05, 4.69) is 6.92 Å². The Hall–Kier alpha value is -0.0800. The summed E-state index contributed by atoms with van der Waals surface area (Å²) in [5.74, 6) is 0.668. The lowest BCUT2D eigenvalue weighted by Gasteiger charge is -2.24. The topological polar surface area (TPSA) is 21.8 Å². The van der Waals surface area contributed by atoms with E-state index in [0.29, 0.717) is 5.92 Å². The predicted molar refractivity (Wildman–Crippen MR) is 37.9 cm³/mol. The lowest BCUT2D eigenvalue weighted by Crippen LogP contribution is -2.29. The first-order chi connectivity index (χ1) is 4.81. The van der Waals surface area contributed by atoms with Crippen LogP contribution in [0.25, 0.3) is 0 Å². The molecule has 2 unspecified atom stereocenters. The molecule has 58 valence electrons. The Labute approximate surface area is 61.5 Å². The van der Waals surface area contributed by atoms with Crippen molar-refractivity contribution < 1.29 is 9.47 Å². The number of epoxide rings is 1. The van der Waals surface area contributed by atoms with Crippen LogP contribution in [0.3, 0.4) is 0 Å². The van der Waals surface area contributed by atoms with E-state index in [1.165, 1.54) is 12.8 Å². The van der Waals surface area contributed by atoms with Gasteiger partial charge in [0.05, 0.1) is 18.8 Å². The zero-order valence-corrected chi connectivity index (χ0v) is 6.43. The lowest BCUT2D eigenvalue weighted by atomic mass is 9.90. The van der Waals surface area contributed by atoms with Crippen molar-refractivity contribution in [2.45, 2.75) is 25.4 Å². The monoisotopic (exact) mass is 142 g/mol. The minimum absolute atomic E-state index is 0.195. The summed E-state index contributed by atoms with van der Waals surface area (Å²) < 4.78 is 10.7. The van der Waals surface area contributed by atoms with Crippen LogP contribution in [0.5, 0.6) is 0 Å². The first-order valence-corrected chi connectivity index (χ1v) is 4.03. The second-order valence-corrected chi connectivity index (χ2v) is 3.52. The molecule has 0 bridgehead atoms. The molecule has 2 saturated heterocycles. The Kier molecular flexibility index (Phi) is 1.46. The molecule has 0 N–H and O–H groups in total. The van der Waals surface area contributed by atoms with E-state index in [1.807, 2.05) is 0 Å². The van der Waals surface area contributed by atoms with Gasteiger partial charge in [-0.05, 0) is 19.8 Å². The van der Waals surface area contributed by atoms with Crippen molar-refractivity contribution in [1.29, 1.82) is 0 Å². The van der Waals surface area contributed by atoms with Gasteiger partial charge in [-0.25, -0.2) is 0 Å². The van der Waals surface area contributed by atoms with Gasteiger partial charge in [0.15, 0.2) is 0 Å². The third-order valence-corrected chi connectivity index (χ3v) is 2.62. The van der Waals surface area contributed by atoms with Crippen LogP contribution in [-0.2, 0) is 9.47 Å². The number of hydrogen-bond donors (Lipinski definition) is 0. The summed E-state index contributed by atoms with van der Waals surface area (Å²) in [7, 11) is 0. The minimum Gasteiger partial charge on any atom is -0.381 e. The molecule has 2 aliphatic rings. The fraction of sp³-hybridized carbons (Fsp3) is 1.00. The van der Waals surface area contributed by atoms with Crippen molar-refractivity contribution in [3.05, 3.63) is 0 Å². The van der Waals surface area contributed by atoms with E-state index < -0.39 is 0 Å². The van der Waals surface area contributed by atoms with Crippen molar-refractivity contribution in [3.8, 4) is 0 Å². The van der Waals surface area contributed by atoms with E-state index in [4.69, 9.17) is 9.47 Å². The standard InChI is InChI=1S/C8H14O2/c1-8(6-10-8)7-3-2-4-9-5-7/h7H,2-6H2,1H3. The van der Waals surface area contributed by atoms with Gasteiger partial charge in [-0.3, -0.25) is 0 Å². The second-order valence-electron chi connectivity index (χ2n) is 3.52. The molecule has 0 aliphatic carbocycles. The summed E-state index contributed by atoms with van der Waals surface area (Å²) in [5, 5.41) is 0. The number of ether oxygens (including phenoxy) is 2. The average molecular weight is 142 g/mol. The van der Waals surface area contributed by atoms with Crippen LogP contribution >= 0.6 is 0 Å². The SMILES string of the molecule is CC1(C2CCCOC2)CO1. The van der Waals surface area contributed by atoms with Crippen molar-refractivity contribution in [2.24, 2.45) is 5.92 Å². The average Bonchev–Trinajstić information content (AvgIpc) is 2.72. The molecule has 0 aromatic carbocycles. The maximum Gasteiger partial charge on any atom is 0.0938 e. The molecule has 0 aromatic rings. The van der Waals surface area contributed by atoms with E-state index in [9.17, 15) is 0 Å². The summed E-state index contributed by atoms with van der Waals surface area (Å²) in [4.78, 5) is 0. The second kappa shape index (κ2) is 2.21. The third kappa shape index (κ3) is 1.06. The minimum atomic E-state index is 0.195. The summed E-state index contributed by atoms with van der Waals surface area (Å²) in [5.41, 5.74) is 0.195. The van der Waals surface area contributed by atoms with Crippen LogP contribution < -0.4 is 0 Å². The smallest absolute Gasteiger partial charge is 0.0938 e. The molecule has 2 heterocycles. The molecule has 2 nitrogen and oxygen atoms in total. The Morgan fingerprint density at radius 3 is 2.80 bits per heavy atom. The molecule has 0 radical (unpaired) electrons. The van der Waals surface area contributed by atoms with E-state index in [1.54, 1.807) is 0 Å². The number of rotatable bonds is 1. The maximum absolute atomic E-state index is 5.37. The summed E-state index contributed by atoms with van der Waals surface area (Å²) in [6.07, 6.45) is 2.50. The van der Waals surface area contributed by atoms with Gasteiger partial charge in [-0.1, -0.05) is 0 Å². The van der Waals surface area contributed by atoms with Crippen LogP contribution in [0.4, 0.5) is 0 Å². The molecule has 0 saturated carbocycles. The first kappa shape index (κ1) is 6.62. The van der Waals surface area contributed by atoms with Crippen LogP contribution in [0.1, 0.15) is 19.8 Å². The van der Waals surface area contributed by atoms with Crippen molar-refractivity contribution >= 4 is 0 Å². The van der Waals surface area contributed by atoms with Crippen LogP contribution in [0, 0.1) is 5.92 Å². The van der Waals surface area contributed by atoms with Crippen LogP contribution in [-0.4, -0.2) is 25.4 Å². The normalized spacial score (nSPS) is 47.1. The van der Waals surface area contributed by atoms with Gasteiger partial charge in [-0.2, -0.15) is 0 Å². The maximum atomic E-state index is 5.37. The Balaban J connectivity index is 1.91. The summed E-state index contributed by atoms with van der Waals surface area (Å²) >= 11 is 0. The highest BCUT2D eigenvalue weighted by atomic mass is 16.6. The van der Waals surface area contributed by atoms with E-state index in [-0.39, 0.29) is 5.60 Å². The van der Waals surface area contributed by atoms with Gasteiger partial charge in [0.25, 0.3) is 0 Å². The highest BCUT2D eigenvalue weighted by Gasteiger charge is 2.47. The quantitative estimate of drug-likeness (QED) is 0.513. The Morgan fingerprint density at radius 2 is 2.30 bits per heavy atom. The molecular formula is C8H14O2. The summed E-state index contributed by atoms with van der Waals surface area (Å²) in [6.45, 7) is 5.00. The molecule has 2 aliphatic heterocycles. The van der Waals surface area contributed by atoms with Gasteiger partial charge < -0.3 is 9.47 Å². The molecule has 0 amide bonds. The molecule has 2 rings (SSSR count). The largest absolute Gasteiger partial charge is 0.381 e. The van der Waals surface area contributed by atoms with Gasteiger partial charge in [0, 0.05) is 12.5 Å². The van der Waals surface area contributed by atoms with E-state index in [0.717, 1.165) is 19.8 Å². The molecule has 10 heavy (non-hydrogen) atoms. The zero-order valence-electron chi connectivity index (χ0n) is 6.43. The van der Waals surface area contributed by atoms with Crippen molar-refractivity contribution in [3.63, 3.8) is 0 Å². The zero-order chi connectivity index (χ0) is 7.03. The molecule has 2 heteroatoms. The fourth-order valence-electron chi connectivity index (χ4n) is 1.57.